The Morgan fingerprint density at radius 1 is 1.04 bits per heavy atom. The number of carbonyl (C=O) groups is 1. The molecule has 27 heavy (non-hydrogen) atoms. The average Bonchev–Trinajstić information content (AvgIpc) is 3.35. The van der Waals surface area contributed by atoms with Gasteiger partial charge in [-0.15, -0.1) is 0 Å². The maximum absolute atomic E-state index is 12.7. The third-order valence-electron chi connectivity index (χ3n) is 4.61. The van der Waals surface area contributed by atoms with Gasteiger partial charge >= 0.3 is 0 Å². The molecule has 0 amide bonds. The Balaban J connectivity index is 1.48. The Hall–Kier alpha value is -3.27. The molecule has 0 saturated heterocycles. The summed E-state index contributed by atoms with van der Waals surface area (Å²) >= 11 is 0. The Morgan fingerprint density at radius 3 is 2.63 bits per heavy atom. The monoisotopic (exact) mass is 359 g/mol. The van der Waals surface area contributed by atoms with E-state index >= 15 is 0 Å². The number of hydrogen-bond acceptors (Lipinski definition) is 3. The molecule has 4 rings (SSSR count). The number of furan rings is 1. The maximum Gasteiger partial charge on any atom is 0.230 e. The summed E-state index contributed by atoms with van der Waals surface area (Å²) in [5, 5.41) is 0.943. The fourth-order valence-electron chi connectivity index (χ4n) is 3.21. The lowest BCUT2D eigenvalue weighted by atomic mass is 10.1. The molecule has 2 heterocycles. The zero-order chi connectivity index (χ0) is 18.6. The zero-order valence-electron chi connectivity index (χ0n) is 15.2. The topological polar surface area (TPSA) is 44.4 Å². The molecule has 0 aliphatic rings. The van der Waals surface area contributed by atoms with Crippen molar-refractivity contribution in [3.05, 3.63) is 90.0 Å². The lowest BCUT2D eigenvalue weighted by Gasteiger charge is -2.08. The van der Waals surface area contributed by atoms with Crippen LogP contribution in [0.25, 0.3) is 10.9 Å². The summed E-state index contributed by atoms with van der Waals surface area (Å²) in [5.74, 6) is 1.15. The fourth-order valence-corrected chi connectivity index (χ4v) is 3.21. The third-order valence-corrected chi connectivity index (χ3v) is 4.61. The van der Waals surface area contributed by atoms with E-state index in [0.29, 0.717) is 17.9 Å². The Kier molecular flexibility index (Phi) is 4.79. The molecule has 2 aromatic heterocycles. The molecule has 0 fully saturated rings. The minimum Gasteiger partial charge on any atom is -0.494 e. The molecule has 0 bridgehead atoms. The largest absolute Gasteiger partial charge is 0.494 e. The predicted molar refractivity (Wildman–Crippen MR) is 105 cm³/mol. The summed E-state index contributed by atoms with van der Waals surface area (Å²) in [4.78, 5) is 12.7. The number of benzene rings is 2. The first kappa shape index (κ1) is 17.2. The van der Waals surface area contributed by atoms with Crippen LogP contribution in [0.3, 0.4) is 0 Å². The van der Waals surface area contributed by atoms with Crippen LogP contribution < -0.4 is 4.74 Å². The highest BCUT2D eigenvalue weighted by atomic mass is 16.5. The zero-order valence-corrected chi connectivity index (χ0v) is 15.2. The molecule has 0 spiro atoms. The molecule has 0 unspecified atom stereocenters. The number of fused-ring (bicyclic) bond motifs is 1. The molecular weight excluding hydrogens is 338 g/mol. The molecule has 4 heteroatoms. The van der Waals surface area contributed by atoms with Crippen LogP contribution in [0, 0.1) is 6.92 Å². The molecule has 0 aliphatic carbocycles. The SMILES string of the molecule is Cc1ccc(OCCCn2cc(C(=O)c3ccco3)c3ccccc32)cc1. The summed E-state index contributed by atoms with van der Waals surface area (Å²) in [5.41, 5.74) is 2.93. The second kappa shape index (κ2) is 7.54. The van der Waals surface area contributed by atoms with Gasteiger partial charge < -0.3 is 13.7 Å². The van der Waals surface area contributed by atoms with E-state index in [1.54, 1.807) is 12.1 Å². The third kappa shape index (κ3) is 3.65. The smallest absolute Gasteiger partial charge is 0.230 e. The quantitative estimate of drug-likeness (QED) is 0.335. The van der Waals surface area contributed by atoms with Crippen molar-refractivity contribution in [2.75, 3.05) is 6.61 Å². The van der Waals surface area contributed by atoms with Crippen molar-refractivity contribution in [1.82, 2.24) is 4.57 Å². The number of ether oxygens (including phenoxy) is 1. The van der Waals surface area contributed by atoms with Gasteiger partial charge in [0.1, 0.15) is 5.75 Å². The maximum atomic E-state index is 12.7. The Morgan fingerprint density at radius 2 is 1.85 bits per heavy atom. The van der Waals surface area contributed by atoms with Crippen LogP contribution in [0.4, 0.5) is 0 Å². The van der Waals surface area contributed by atoms with Crippen molar-refractivity contribution >= 4 is 16.7 Å². The van der Waals surface area contributed by atoms with Gasteiger partial charge in [0.2, 0.25) is 5.78 Å². The van der Waals surface area contributed by atoms with Gasteiger partial charge in [0.15, 0.2) is 5.76 Å². The molecule has 136 valence electrons. The molecule has 0 N–H and O–H groups in total. The van der Waals surface area contributed by atoms with Crippen molar-refractivity contribution < 1.29 is 13.9 Å². The van der Waals surface area contributed by atoms with Crippen molar-refractivity contribution in [1.29, 1.82) is 0 Å². The highest BCUT2D eigenvalue weighted by molar-refractivity contribution is 6.15. The lowest BCUT2D eigenvalue weighted by Crippen LogP contribution is -2.04. The number of aryl methyl sites for hydroxylation is 2. The molecule has 2 aromatic carbocycles. The van der Waals surface area contributed by atoms with E-state index in [9.17, 15) is 4.79 Å². The second-order valence-corrected chi connectivity index (χ2v) is 6.57. The standard InChI is InChI=1S/C23H21NO3/c1-17-9-11-18(12-10-17)26-15-5-13-24-16-20(19-6-2-3-7-21(19)24)23(25)22-8-4-14-27-22/h2-4,6-12,14,16H,5,13,15H2,1H3. The Bertz CT molecular complexity index is 1040. The first-order valence-electron chi connectivity index (χ1n) is 9.08. The van der Waals surface area contributed by atoms with Gasteiger partial charge in [0.05, 0.1) is 18.4 Å². The van der Waals surface area contributed by atoms with Gasteiger partial charge in [-0.1, -0.05) is 35.9 Å². The summed E-state index contributed by atoms with van der Waals surface area (Å²) in [6.45, 7) is 3.46. The molecule has 0 radical (unpaired) electrons. The first-order chi connectivity index (χ1) is 13.2. The van der Waals surface area contributed by atoms with Crippen molar-refractivity contribution in [3.8, 4) is 5.75 Å². The number of para-hydroxylation sites is 1. The average molecular weight is 359 g/mol. The predicted octanol–water partition coefficient (Wildman–Crippen LogP) is 5.24. The van der Waals surface area contributed by atoms with Crippen LogP contribution in [0.1, 0.15) is 28.1 Å². The van der Waals surface area contributed by atoms with E-state index in [4.69, 9.17) is 9.15 Å². The van der Waals surface area contributed by atoms with Crippen molar-refractivity contribution in [2.45, 2.75) is 19.9 Å². The summed E-state index contributed by atoms with van der Waals surface area (Å²) in [7, 11) is 0. The van der Waals surface area contributed by atoms with Crippen LogP contribution in [0.15, 0.2) is 77.5 Å². The van der Waals surface area contributed by atoms with Crippen LogP contribution >= 0.6 is 0 Å². The van der Waals surface area contributed by atoms with Gasteiger partial charge in [-0.25, -0.2) is 0 Å². The van der Waals surface area contributed by atoms with Gasteiger partial charge in [0.25, 0.3) is 0 Å². The summed E-state index contributed by atoms with van der Waals surface area (Å²) in [6.07, 6.45) is 4.29. The number of rotatable bonds is 7. The molecule has 0 atom stereocenters. The number of ketones is 1. The Labute approximate surface area is 158 Å². The fraction of sp³-hybridized carbons (Fsp3) is 0.174. The highest BCUT2D eigenvalue weighted by Crippen LogP contribution is 2.24. The number of carbonyl (C=O) groups excluding carboxylic acids is 1. The van der Waals surface area contributed by atoms with Gasteiger partial charge in [0, 0.05) is 23.6 Å². The number of nitrogens with zero attached hydrogens (tertiary/aromatic N) is 1. The molecule has 0 aliphatic heterocycles. The minimum atomic E-state index is -0.0918. The van der Waals surface area contributed by atoms with E-state index in [1.807, 2.05) is 54.7 Å². The summed E-state index contributed by atoms with van der Waals surface area (Å²) < 4.78 is 13.2. The first-order valence-corrected chi connectivity index (χ1v) is 9.08. The molecule has 4 nitrogen and oxygen atoms in total. The molecule has 4 aromatic rings. The van der Waals surface area contributed by atoms with Gasteiger partial charge in [-0.3, -0.25) is 4.79 Å². The van der Waals surface area contributed by atoms with E-state index in [2.05, 4.69) is 11.5 Å². The van der Waals surface area contributed by atoms with Crippen LogP contribution in [-0.2, 0) is 6.54 Å². The van der Waals surface area contributed by atoms with Gasteiger partial charge in [-0.05, 0) is 43.7 Å². The minimum absolute atomic E-state index is 0.0918. The summed E-state index contributed by atoms with van der Waals surface area (Å²) in [6, 6.07) is 19.4. The normalized spacial score (nSPS) is 11.0. The van der Waals surface area contributed by atoms with Gasteiger partial charge in [-0.2, -0.15) is 0 Å². The van der Waals surface area contributed by atoms with E-state index in [1.165, 1.54) is 11.8 Å². The van der Waals surface area contributed by atoms with Crippen LogP contribution in [0.2, 0.25) is 0 Å². The van der Waals surface area contributed by atoms with Crippen molar-refractivity contribution in [2.24, 2.45) is 0 Å². The number of aromatic nitrogens is 1. The van der Waals surface area contributed by atoms with Crippen LogP contribution in [-0.4, -0.2) is 17.0 Å². The molecule has 0 saturated carbocycles. The highest BCUT2D eigenvalue weighted by Gasteiger charge is 2.18. The second-order valence-electron chi connectivity index (χ2n) is 6.57. The van der Waals surface area contributed by atoms with Crippen LogP contribution in [0.5, 0.6) is 5.75 Å². The van der Waals surface area contributed by atoms with E-state index < -0.39 is 0 Å². The molecular formula is C23H21NO3. The van der Waals surface area contributed by atoms with E-state index in [-0.39, 0.29) is 5.78 Å². The lowest BCUT2D eigenvalue weighted by molar-refractivity contribution is 0.101. The number of hydrogen-bond donors (Lipinski definition) is 0. The van der Waals surface area contributed by atoms with E-state index in [0.717, 1.165) is 29.6 Å². The van der Waals surface area contributed by atoms with Crippen molar-refractivity contribution in [3.63, 3.8) is 0 Å².